The Bertz CT molecular complexity index is 485. The van der Waals surface area contributed by atoms with Crippen LogP contribution in [0.3, 0.4) is 0 Å². The molecule has 1 atom stereocenters. The summed E-state index contributed by atoms with van der Waals surface area (Å²) in [6, 6.07) is 7.39. The van der Waals surface area contributed by atoms with Crippen LogP contribution in [-0.2, 0) is 0 Å². The number of nitrogens with zero attached hydrogens (tertiary/aromatic N) is 2. The molecule has 2 aromatic heterocycles. The molecule has 2 rings (SSSR count). The van der Waals surface area contributed by atoms with Gasteiger partial charge in [0.1, 0.15) is 6.10 Å². The van der Waals surface area contributed by atoms with Gasteiger partial charge >= 0.3 is 0 Å². The highest BCUT2D eigenvalue weighted by molar-refractivity contribution is 9.10. The summed E-state index contributed by atoms with van der Waals surface area (Å²) in [5.41, 5.74) is 2.27. The Labute approximate surface area is 102 Å². The summed E-state index contributed by atoms with van der Waals surface area (Å²) in [6.07, 6.45) is 2.58. The molecule has 0 aliphatic heterocycles. The van der Waals surface area contributed by atoms with Gasteiger partial charge < -0.3 is 5.11 Å². The van der Waals surface area contributed by atoms with Crippen LogP contribution in [0.15, 0.2) is 41.1 Å². The number of aryl methyl sites for hydroxylation is 1. The van der Waals surface area contributed by atoms with Gasteiger partial charge in [-0.05, 0) is 41.1 Å². The van der Waals surface area contributed by atoms with Crippen LogP contribution in [0.1, 0.15) is 23.1 Å². The largest absolute Gasteiger partial charge is 0.382 e. The predicted octanol–water partition coefficient (Wildman–Crippen LogP) is 2.63. The first-order valence-electron chi connectivity index (χ1n) is 4.89. The lowest BCUT2D eigenvalue weighted by Gasteiger charge is -2.11. The molecule has 0 saturated heterocycles. The Balaban J connectivity index is 2.35. The van der Waals surface area contributed by atoms with Crippen molar-refractivity contribution in [2.24, 2.45) is 0 Å². The first-order valence-corrected chi connectivity index (χ1v) is 5.69. The summed E-state index contributed by atoms with van der Waals surface area (Å²) in [5.74, 6) is 0. The molecule has 82 valence electrons. The number of aromatic nitrogens is 2. The van der Waals surface area contributed by atoms with Gasteiger partial charge in [0.05, 0.1) is 5.69 Å². The molecule has 0 aromatic carbocycles. The fourth-order valence-electron chi connectivity index (χ4n) is 1.40. The number of halogens is 1. The van der Waals surface area contributed by atoms with Crippen molar-refractivity contribution < 1.29 is 5.11 Å². The highest BCUT2D eigenvalue weighted by Crippen LogP contribution is 2.25. The van der Waals surface area contributed by atoms with E-state index in [1.165, 1.54) is 0 Å². The van der Waals surface area contributed by atoms with Gasteiger partial charge in [0.25, 0.3) is 0 Å². The lowest BCUT2D eigenvalue weighted by atomic mass is 10.1. The second-order valence-electron chi connectivity index (χ2n) is 3.51. The predicted molar refractivity (Wildman–Crippen MR) is 65.0 cm³/mol. The Kier molecular flexibility index (Phi) is 3.31. The third-order valence-corrected chi connectivity index (χ3v) is 2.97. The van der Waals surface area contributed by atoms with Crippen LogP contribution in [0.4, 0.5) is 0 Å². The summed E-state index contributed by atoms with van der Waals surface area (Å²) in [4.78, 5) is 8.30. The molecule has 0 bridgehead atoms. The van der Waals surface area contributed by atoms with Gasteiger partial charge in [-0.15, -0.1) is 0 Å². The molecular formula is C12H11BrN2O. The number of pyridine rings is 2. The Morgan fingerprint density at radius 1 is 1.25 bits per heavy atom. The summed E-state index contributed by atoms with van der Waals surface area (Å²) in [6.45, 7) is 1.91. The van der Waals surface area contributed by atoms with E-state index in [2.05, 4.69) is 25.9 Å². The van der Waals surface area contributed by atoms with Gasteiger partial charge in [0.2, 0.25) is 0 Å². The topological polar surface area (TPSA) is 46.0 Å². The van der Waals surface area contributed by atoms with Crippen LogP contribution in [-0.4, -0.2) is 15.1 Å². The van der Waals surface area contributed by atoms with Crippen molar-refractivity contribution >= 4 is 15.9 Å². The van der Waals surface area contributed by atoms with Gasteiger partial charge in [-0.2, -0.15) is 0 Å². The van der Waals surface area contributed by atoms with E-state index in [4.69, 9.17) is 0 Å². The van der Waals surface area contributed by atoms with E-state index < -0.39 is 6.10 Å². The van der Waals surface area contributed by atoms with Crippen LogP contribution < -0.4 is 0 Å². The van der Waals surface area contributed by atoms with E-state index in [0.29, 0.717) is 5.69 Å². The Hall–Kier alpha value is -1.26. The first-order chi connectivity index (χ1) is 7.68. The third kappa shape index (κ3) is 2.28. The highest BCUT2D eigenvalue weighted by Gasteiger charge is 2.14. The number of hydrogen-bond donors (Lipinski definition) is 1. The van der Waals surface area contributed by atoms with Crippen molar-refractivity contribution in [2.45, 2.75) is 13.0 Å². The normalized spacial score (nSPS) is 12.4. The van der Waals surface area contributed by atoms with Gasteiger partial charge in [-0.3, -0.25) is 9.97 Å². The third-order valence-electron chi connectivity index (χ3n) is 2.30. The molecule has 1 unspecified atom stereocenters. The minimum atomic E-state index is -0.747. The second kappa shape index (κ2) is 4.72. The standard InChI is InChI=1S/C12H11BrN2O/c1-8-4-5-9(7-15-8)12(16)11-10(13)3-2-6-14-11/h2-7,12,16H,1H3. The van der Waals surface area contributed by atoms with E-state index in [0.717, 1.165) is 15.7 Å². The molecule has 0 fully saturated rings. The van der Waals surface area contributed by atoms with Crippen LogP contribution in [0.5, 0.6) is 0 Å². The summed E-state index contributed by atoms with van der Waals surface area (Å²) in [7, 11) is 0. The van der Waals surface area contributed by atoms with Crippen LogP contribution in [0.25, 0.3) is 0 Å². The number of aliphatic hydroxyl groups is 1. The van der Waals surface area contributed by atoms with Crippen LogP contribution in [0.2, 0.25) is 0 Å². The zero-order chi connectivity index (χ0) is 11.5. The fourth-order valence-corrected chi connectivity index (χ4v) is 1.87. The van der Waals surface area contributed by atoms with Crippen molar-refractivity contribution in [3.63, 3.8) is 0 Å². The van der Waals surface area contributed by atoms with Crippen molar-refractivity contribution in [2.75, 3.05) is 0 Å². The van der Waals surface area contributed by atoms with E-state index in [-0.39, 0.29) is 0 Å². The van der Waals surface area contributed by atoms with Gasteiger partial charge in [0.15, 0.2) is 0 Å². The zero-order valence-corrected chi connectivity index (χ0v) is 10.3. The smallest absolute Gasteiger partial charge is 0.124 e. The second-order valence-corrected chi connectivity index (χ2v) is 4.36. The molecule has 3 nitrogen and oxygen atoms in total. The lowest BCUT2D eigenvalue weighted by molar-refractivity contribution is 0.214. The van der Waals surface area contributed by atoms with Gasteiger partial charge in [-0.25, -0.2) is 0 Å². The maximum atomic E-state index is 10.1. The summed E-state index contributed by atoms with van der Waals surface area (Å²) >= 11 is 3.37. The van der Waals surface area contributed by atoms with Crippen molar-refractivity contribution in [1.29, 1.82) is 0 Å². The van der Waals surface area contributed by atoms with E-state index in [1.807, 2.05) is 31.2 Å². The molecule has 1 N–H and O–H groups in total. The molecule has 2 heterocycles. The lowest BCUT2D eigenvalue weighted by Crippen LogP contribution is -2.03. The number of rotatable bonds is 2. The zero-order valence-electron chi connectivity index (χ0n) is 8.76. The fraction of sp³-hybridized carbons (Fsp3) is 0.167. The molecule has 2 aromatic rings. The molecule has 0 aliphatic carbocycles. The minimum Gasteiger partial charge on any atom is -0.382 e. The monoisotopic (exact) mass is 278 g/mol. The summed E-state index contributed by atoms with van der Waals surface area (Å²) < 4.78 is 0.795. The molecule has 0 amide bonds. The van der Waals surface area contributed by atoms with Gasteiger partial charge in [-0.1, -0.05) is 6.07 Å². The molecule has 16 heavy (non-hydrogen) atoms. The average molecular weight is 279 g/mol. The first kappa shape index (κ1) is 11.2. The van der Waals surface area contributed by atoms with E-state index in [1.54, 1.807) is 12.4 Å². The minimum absolute atomic E-state index is 0.605. The number of hydrogen-bond acceptors (Lipinski definition) is 3. The molecule has 0 spiro atoms. The average Bonchev–Trinajstić information content (AvgIpc) is 2.30. The summed E-state index contributed by atoms with van der Waals surface area (Å²) in [5, 5.41) is 10.1. The van der Waals surface area contributed by atoms with Crippen molar-refractivity contribution in [1.82, 2.24) is 9.97 Å². The van der Waals surface area contributed by atoms with Crippen molar-refractivity contribution in [3.05, 3.63) is 58.1 Å². The number of aliphatic hydroxyl groups excluding tert-OH is 1. The quantitative estimate of drug-likeness (QED) is 0.919. The molecule has 0 saturated carbocycles. The van der Waals surface area contributed by atoms with Crippen LogP contribution in [0, 0.1) is 6.92 Å². The molecule has 4 heteroatoms. The molecule has 0 radical (unpaired) electrons. The maximum absolute atomic E-state index is 10.1. The Morgan fingerprint density at radius 3 is 2.69 bits per heavy atom. The van der Waals surface area contributed by atoms with E-state index in [9.17, 15) is 5.11 Å². The van der Waals surface area contributed by atoms with Crippen LogP contribution >= 0.6 is 15.9 Å². The highest BCUT2D eigenvalue weighted by atomic mass is 79.9. The maximum Gasteiger partial charge on any atom is 0.124 e. The van der Waals surface area contributed by atoms with Gasteiger partial charge in [0, 0.05) is 28.1 Å². The molecular weight excluding hydrogens is 268 g/mol. The van der Waals surface area contributed by atoms with E-state index >= 15 is 0 Å². The molecule has 0 aliphatic rings. The Morgan fingerprint density at radius 2 is 2.06 bits per heavy atom. The SMILES string of the molecule is Cc1ccc(C(O)c2ncccc2Br)cn1. The van der Waals surface area contributed by atoms with Crippen molar-refractivity contribution in [3.8, 4) is 0 Å².